The molecule has 3 nitrogen and oxygen atoms in total. The fourth-order valence-corrected chi connectivity index (χ4v) is 2.16. The Bertz CT molecular complexity index is 535. The number of benzene rings is 2. The molecule has 0 saturated heterocycles. The molecule has 106 valence electrons. The van der Waals surface area contributed by atoms with Crippen LogP contribution in [-0.2, 0) is 0 Å². The molecule has 0 aliphatic rings. The van der Waals surface area contributed by atoms with E-state index in [2.05, 4.69) is 34.5 Å². The first kappa shape index (κ1) is 14.7. The summed E-state index contributed by atoms with van der Waals surface area (Å²) in [6.07, 6.45) is 0. The van der Waals surface area contributed by atoms with Crippen LogP contribution in [0.15, 0.2) is 48.5 Å². The van der Waals surface area contributed by atoms with Gasteiger partial charge in [0, 0.05) is 37.0 Å². The Morgan fingerprint density at radius 3 is 2.15 bits per heavy atom. The number of nitrogens with two attached hydrogens (primary N) is 1. The van der Waals surface area contributed by atoms with E-state index in [1.807, 2.05) is 38.4 Å². The summed E-state index contributed by atoms with van der Waals surface area (Å²) in [5, 5.41) is 4.16. The van der Waals surface area contributed by atoms with Crippen LogP contribution in [-0.4, -0.2) is 20.6 Å². The largest absolute Gasteiger partial charge is 0.378 e. The van der Waals surface area contributed by atoms with Crippen molar-refractivity contribution in [2.45, 2.75) is 6.04 Å². The third-order valence-electron chi connectivity index (χ3n) is 3.23. The molecule has 0 fully saturated rings. The minimum absolute atomic E-state index is 0.0902. The lowest BCUT2D eigenvalue weighted by molar-refractivity contribution is 0.790. The average molecular weight is 290 g/mol. The predicted octanol–water partition coefficient (Wildman–Crippen LogP) is 3.52. The number of nitrogens with one attached hydrogen (secondary N) is 1. The lowest BCUT2D eigenvalue weighted by atomic mass is 10.1. The molecule has 0 spiro atoms. The van der Waals surface area contributed by atoms with Gasteiger partial charge in [0.15, 0.2) is 0 Å². The Labute approximate surface area is 125 Å². The molecule has 0 amide bonds. The van der Waals surface area contributed by atoms with Gasteiger partial charge in [0.2, 0.25) is 0 Å². The molecular formula is C16H20ClN3. The Morgan fingerprint density at radius 2 is 1.65 bits per heavy atom. The van der Waals surface area contributed by atoms with Gasteiger partial charge in [-0.3, -0.25) is 0 Å². The van der Waals surface area contributed by atoms with Gasteiger partial charge in [0.25, 0.3) is 0 Å². The average Bonchev–Trinajstić information content (AvgIpc) is 2.47. The molecule has 0 saturated carbocycles. The topological polar surface area (TPSA) is 41.3 Å². The van der Waals surface area contributed by atoms with Crippen LogP contribution in [0.2, 0.25) is 5.02 Å². The second kappa shape index (κ2) is 6.64. The van der Waals surface area contributed by atoms with Gasteiger partial charge in [-0.1, -0.05) is 23.7 Å². The van der Waals surface area contributed by atoms with Crippen molar-refractivity contribution in [3.8, 4) is 0 Å². The number of hydrogen-bond donors (Lipinski definition) is 2. The predicted molar refractivity (Wildman–Crippen MR) is 87.6 cm³/mol. The molecule has 0 heterocycles. The zero-order valence-electron chi connectivity index (χ0n) is 11.8. The summed E-state index contributed by atoms with van der Waals surface area (Å²) in [5.74, 6) is 0. The Morgan fingerprint density at radius 1 is 1.05 bits per heavy atom. The summed E-state index contributed by atoms with van der Waals surface area (Å²) in [6.45, 7) is 0.532. The second-order valence-electron chi connectivity index (χ2n) is 4.93. The Kier molecular flexibility index (Phi) is 4.88. The van der Waals surface area contributed by atoms with Gasteiger partial charge in [-0.05, 0) is 42.0 Å². The van der Waals surface area contributed by atoms with Gasteiger partial charge in [0.05, 0.1) is 6.04 Å². The lowest BCUT2D eigenvalue weighted by Crippen LogP contribution is -2.20. The molecule has 3 N–H and O–H groups in total. The highest BCUT2D eigenvalue weighted by atomic mass is 35.5. The SMILES string of the molecule is CN(C)c1ccc(C(CN)Nc2ccc(Cl)cc2)cc1. The van der Waals surface area contributed by atoms with Crippen LogP contribution in [0.1, 0.15) is 11.6 Å². The number of anilines is 2. The summed E-state index contributed by atoms with van der Waals surface area (Å²) >= 11 is 5.89. The maximum absolute atomic E-state index is 5.89. The molecule has 1 unspecified atom stereocenters. The van der Waals surface area contributed by atoms with E-state index >= 15 is 0 Å². The van der Waals surface area contributed by atoms with Crippen LogP contribution >= 0.6 is 11.6 Å². The van der Waals surface area contributed by atoms with Gasteiger partial charge < -0.3 is 16.0 Å². The van der Waals surface area contributed by atoms with E-state index in [-0.39, 0.29) is 6.04 Å². The Balaban J connectivity index is 2.13. The molecule has 1 atom stereocenters. The summed E-state index contributed by atoms with van der Waals surface area (Å²) in [7, 11) is 4.06. The summed E-state index contributed by atoms with van der Waals surface area (Å²) in [6, 6.07) is 16.2. The normalized spacial score (nSPS) is 12.0. The summed E-state index contributed by atoms with van der Waals surface area (Å²) < 4.78 is 0. The van der Waals surface area contributed by atoms with Crippen LogP contribution in [0.25, 0.3) is 0 Å². The van der Waals surface area contributed by atoms with E-state index in [1.165, 1.54) is 11.3 Å². The van der Waals surface area contributed by atoms with Crippen molar-refractivity contribution in [1.29, 1.82) is 0 Å². The van der Waals surface area contributed by atoms with E-state index in [9.17, 15) is 0 Å². The van der Waals surface area contributed by atoms with Crippen molar-refractivity contribution in [3.05, 3.63) is 59.1 Å². The molecule has 0 aromatic heterocycles. The molecule has 0 aliphatic heterocycles. The minimum atomic E-state index is 0.0902. The van der Waals surface area contributed by atoms with E-state index in [4.69, 9.17) is 17.3 Å². The minimum Gasteiger partial charge on any atom is -0.378 e. The van der Waals surface area contributed by atoms with E-state index in [0.29, 0.717) is 6.54 Å². The van der Waals surface area contributed by atoms with E-state index in [1.54, 1.807) is 0 Å². The molecule has 2 aromatic rings. The third kappa shape index (κ3) is 3.65. The summed E-state index contributed by atoms with van der Waals surface area (Å²) in [4.78, 5) is 2.08. The van der Waals surface area contributed by atoms with E-state index < -0.39 is 0 Å². The molecule has 2 rings (SSSR count). The van der Waals surface area contributed by atoms with E-state index in [0.717, 1.165) is 10.7 Å². The monoisotopic (exact) mass is 289 g/mol. The molecule has 0 aliphatic carbocycles. The highest BCUT2D eigenvalue weighted by molar-refractivity contribution is 6.30. The molecule has 0 bridgehead atoms. The highest BCUT2D eigenvalue weighted by Gasteiger charge is 2.09. The van der Waals surface area contributed by atoms with Gasteiger partial charge in [0.1, 0.15) is 0 Å². The number of halogens is 1. The fraction of sp³-hybridized carbons (Fsp3) is 0.250. The quantitative estimate of drug-likeness (QED) is 0.885. The van der Waals surface area contributed by atoms with Crippen LogP contribution in [0, 0.1) is 0 Å². The fourth-order valence-electron chi connectivity index (χ4n) is 2.03. The van der Waals surface area contributed by atoms with Gasteiger partial charge in [-0.2, -0.15) is 0 Å². The lowest BCUT2D eigenvalue weighted by Gasteiger charge is -2.20. The maximum atomic E-state index is 5.89. The number of hydrogen-bond acceptors (Lipinski definition) is 3. The molecule has 4 heteroatoms. The van der Waals surface area contributed by atoms with Crippen molar-refractivity contribution in [2.75, 3.05) is 30.9 Å². The van der Waals surface area contributed by atoms with Crippen LogP contribution in [0.3, 0.4) is 0 Å². The Hall–Kier alpha value is -1.71. The number of rotatable bonds is 5. The molecule has 0 radical (unpaired) electrons. The van der Waals surface area contributed by atoms with Crippen molar-refractivity contribution < 1.29 is 0 Å². The van der Waals surface area contributed by atoms with Crippen molar-refractivity contribution in [3.63, 3.8) is 0 Å². The smallest absolute Gasteiger partial charge is 0.0636 e. The van der Waals surface area contributed by atoms with Gasteiger partial charge >= 0.3 is 0 Å². The first-order valence-corrected chi connectivity index (χ1v) is 6.97. The van der Waals surface area contributed by atoms with Gasteiger partial charge in [-0.15, -0.1) is 0 Å². The summed E-state index contributed by atoms with van der Waals surface area (Å²) in [5.41, 5.74) is 9.25. The van der Waals surface area contributed by atoms with Crippen LogP contribution < -0.4 is 16.0 Å². The van der Waals surface area contributed by atoms with Crippen molar-refractivity contribution in [2.24, 2.45) is 5.73 Å². The zero-order chi connectivity index (χ0) is 14.5. The zero-order valence-corrected chi connectivity index (χ0v) is 12.6. The van der Waals surface area contributed by atoms with Crippen molar-refractivity contribution >= 4 is 23.0 Å². The molecule has 2 aromatic carbocycles. The number of nitrogens with zero attached hydrogens (tertiary/aromatic N) is 1. The van der Waals surface area contributed by atoms with Gasteiger partial charge in [-0.25, -0.2) is 0 Å². The highest BCUT2D eigenvalue weighted by Crippen LogP contribution is 2.22. The molecular weight excluding hydrogens is 270 g/mol. The standard InChI is InChI=1S/C16H20ClN3/c1-20(2)15-9-3-12(4-10-15)16(11-18)19-14-7-5-13(17)6-8-14/h3-10,16,19H,11,18H2,1-2H3. The molecule has 20 heavy (non-hydrogen) atoms. The second-order valence-corrected chi connectivity index (χ2v) is 5.36. The first-order chi connectivity index (χ1) is 9.60. The van der Waals surface area contributed by atoms with Crippen LogP contribution in [0.5, 0.6) is 0 Å². The third-order valence-corrected chi connectivity index (χ3v) is 3.48. The van der Waals surface area contributed by atoms with Crippen LogP contribution in [0.4, 0.5) is 11.4 Å². The maximum Gasteiger partial charge on any atom is 0.0636 e. The van der Waals surface area contributed by atoms with Crippen molar-refractivity contribution in [1.82, 2.24) is 0 Å². The first-order valence-electron chi connectivity index (χ1n) is 6.59.